The second-order valence-corrected chi connectivity index (χ2v) is 16.4. The maximum absolute atomic E-state index is 8.12. The van der Waals surface area contributed by atoms with E-state index in [-0.39, 0.29) is 33.5 Å². The molecule has 11 rings (SSSR count). The van der Waals surface area contributed by atoms with Gasteiger partial charge >= 0.3 is 6.98 Å². The Morgan fingerprint density at radius 1 is 0.645 bits per heavy atom. The first-order valence-electron chi connectivity index (χ1n) is 21.9. The fourth-order valence-electron chi connectivity index (χ4n) is 8.67. The van der Waals surface area contributed by atoms with Crippen LogP contribution in [0.5, 0.6) is 11.5 Å². The van der Waals surface area contributed by atoms with Crippen molar-refractivity contribution in [3.05, 3.63) is 200 Å². The Kier molecular flexibility index (Phi) is 8.98. The molecule has 304 valence electrons. The summed E-state index contributed by atoms with van der Waals surface area (Å²) in [4.78, 5) is 9.81. The maximum Gasteiger partial charge on any atom is 0.420 e. The molecule has 0 fully saturated rings. The van der Waals surface area contributed by atoms with Crippen LogP contribution in [0.15, 0.2) is 176 Å². The van der Waals surface area contributed by atoms with Crippen molar-refractivity contribution in [2.24, 2.45) is 6.98 Å². The second-order valence-electron chi connectivity index (χ2n) is 16.4. The van der Waals surface area contributed by atoms with E-state index in [0.29, 0.717) is 28.2 Å². The topological polar surface area (TPSA) is 42.3 Å². The largest absolute Gasteiger partial charge is 0.510 e. The molecule has 1 aliphatic heterocycles. The van der Waals surface area contributed by atoms with E-state index in [4.69, 9.17) is 13.8 Å². The first kappa shape index (κ1) is 35.8. The van der Waals surface area contributed by atoms with Crippen molar-refractivity contribution in [3.8, 4) is 23.0 Å². The molecule has 0 aliphatic carbocycles. The van der Waals surface area contributed by atoms with Gasteiger partial charge in [0.25, 0.3) is 0 Å². The summed E-state index contributed by atoms with van der Waals surface area (Å²) in [5, 5.41) is 2.06. The fraction of sp³-hybridized carbons (Fsp3) is 0.0943. The fourth-order valence-corrected chi connectivity index (χ4v) is 8.67. The van der Waals surface area contributed by atoms with E-state index >= 15 is 0 Å². The van der Waals surface area contributed by atoms with Crippen molar-refractivity contribution in [1.82, 2.24) is 14.1 Å². The standard InChI is InChI=1S/C53H41BN6O.Pt/c1-53(2,3)37-30-31-55-52(32-37)58-46-29-26-38(54-59(39-16-7-5-8-17-39)49-24-13-14-25-50(49)60(54)40-18-9-6-10-19-40)33-45(46)44-28-27-43(35-51(44)58)61-42-21-15-20-41(34-42)57-36-56(4)47-22-11-12-23-48(47)57;/h5-33H,1-4H3;/q-2;/i4D3;. The van der Waals surface area contributed by atoms with Gasteiger partial charge in [0.15, 0.2) is 0 Å². The van der Waals surface area contributed by atoms with E-state index < -0.39 is 6.98 Å². The number of hydrogen-bond donors (Lipinski definition) is 0. The van der Waals surface area contributed by atoms with E-state index in [1.165, 1.54) is 4.57 Å². The van der Waals surface area contributed by atoms with Gasteiger partial charge in [0.1, 0.15) is 5.82 Å². The second kappa shape index (κ2) is 15.5. The average Bonchev–Trinajstić information content (AvgIpc) is 3.98. The molecule has 0 bridgehead atoms. The molecule has 0 saturated carbocycles. The summed E-state index contributed by atoms with van der Waals surface area (Å²) in [5.74, 6) is 1.72. The van der Waals surface area contributed by atoms with Crippen LogP contribution in [0.1, 0.15) is 30.4 Å². The summed E-state index contributed by atoms with van der Waals surface area (Å²) in [6, 6.07) is 64.7. The number of pyridine rings is 1. The number of fused-ring (bicyclic) bond motifs is 5. The quantitative estimate of drug-likeness (QED) is 0.0907. The molecular weight excluding hydrogens is 943 g/mol. The van der Waals surface area contributed by atoms with Gasteiger partial charge in [-0.25, -0.2) is 4.98 Å². The number of ether oxygens (including phenoxy) is 1. The maximum atomic E-state index is 8.12. The van der Waals surface area contributed by atoms with Crippen LogP contribution >= 0.6 is 0 Å². The minimum Gasteiger partial charge on any atom is -0.510 e. The van der Waals surface area contributed by atoms with Crippen LogP contribution in [-0.4, -0.2) is 21.1 Å². The molecule has 0 amide bonds. The minimum atomic E-state index is -2.41. The number of anilines is 4. The molecule has 0 saturated heterocycles. The van der Waals surface area contributed by atoms with Gasteiger partial charge in [-0.2, -0.15) is 18.2 Å². The molecule has 1 aliphatic rings. The Bertz CT molecular complexity index is 3320. The van der Waals surface area contributed by atoms with Crippen LogP contribution in [0.2, 0.25) is 0 Å². The third-order valence-electron chi connectivity index (χ3n) is 11.5. The van der Waals surface area contributed by atoms with Crippen LogP contribution in [0, 0.1) is 18.5 Å². The van der Waals surface area contributed by atoms with E-state index in [1.807, 2.05) is 48.7 Å². The molecule has 9 heteroatoms. The Balaban J connectivity index is 0.00000498. The van der Waals surface area contributed by atoms with Crippen LogP contribution < -0.4 is 24.4 Å². The van der Waals surface area contributed by atoms with Gasteiger partial charge in [-0.15, -0.1) is 29.7 Å². The summed E-state index contributed by atoms with van der Waals surface area (Å²) in [7, 11) is 0. The zero-order valence-electron chi connectivity index (χ0n) is 37.2. The predicted molar refractivity (Wildman–Crippen MR) is 247 cm³/mol. The van der Waals surface area contributed by atoms with Crippen molar-refractivity contribution in [1.29, 1.82) is 0 Å². The SMILES string of the molecule is [2H]C([2H])([2H])[n+]1[c-]n(-c2[c-]c(Oc3[c-]c4c(cc3)c3cc(B5N(c6ccccc6)c6ccccc6N5c5ccccc5)ccc3n4-c3cc(C(C)(C)C)ccn3)ccc2)c2ccccc21.[Pt]. The van der Waals surface area contributed by atoms with E-state index in [2.05, 4.69) is 175 Å². The average molecular weight is 987 g/mol. The van der Waals surface area contributed by atoms with Crippen molar-refractivity contribution < 1.29 is 34.5 Å². The van der Waals surface area contributed by atoms with Crippen molar-refractivity contribution in [2.45, 2.75) is 26.2 Å². The molecule has 10 aromatic rings. The van der Waals surface area contributed by atoms with Gasteiger partial charge in [-0.05, 0) is 76.4 Å². The van der Waals surface area contributed by atoms with E-state index in [1.54, 1.807) is 10.6 Å². The molecule has 4 heterocycles. The van der Waals surface area contributed by atoms with Crippen LogP contribution in [0.4, 0.5) is 22.7 Å². The van der Waals surface area contributed by atoms with E-state index in [9.17, 15) is 0 Å². The Labute approximate surface area is 380 Å². The third-order valence-corrected chi connectivity index (χ3v) is 11.5. The third kappa shape index (κ3) is 6.66. The Morgan fingerprint density at radius 3 is 2.03 bits per heavy atom. The number of aryl methyl sites for hydroxylation is 1. The molecule has 0 radical (unpaired) electrons. The summed E-state index contributed by atoms with van der Waals surface area (Å²) < 4.78 is 36.0. The molecule has 7 aromatic carbocycles. The van der Waals surface area contributed by atoms with Crippen LogP contribution in [-0.2, 0) is 33.5 Å². The Morgan fingerprint density at radius 2 is 1.32 bits per heavy atom. The summed E-state index contributed by atoms with van der Waals surface area (Å²) in [6.07, 6.45) is 4.91. The van der Waals surface area contributed by atoms with Gasteiger partial charge < -0.3 is 28.1 Å². The van der Waals surface area contributed by atoms with Gasteiger partial charge in [0, 0.05) is 55.7 Å². The number of rotatable bonds is 7. The van der Waals surface area contributed by atoms with Crippen LogP contribution in [0.25, 0.3) is 44.3 Å². The summed E-state index contributed by atoms with van der Waals surface area (Å²) in [5.41, 5.74) is 10.3. The Hall–Kier alpha value is -6.89. The molecule has 7 nitrogen and oxygen atoms in total. The normalized spacial score (nSPS) is 13.5. The van der Waals surface area contributed by atoms with Gasteiger partial charge in [-0.1, -0.05) is 117 Å². The van der Waals surface area contributed by atoms with Crippen molar-refractivity contribution in [2.75, 3.05) is 9.62 Å². The minimum absolute atomic E-state index is 0. The predicted octanol–water partition coefficient (Wildman–Crippen LogP) is 11.1. The first-order valence-corrected chi connectivity index (χ1v) is 20.4. The zero-order valence-corrected chi connectivity index (χ0v) is 36.5. The molecule has 0 unspecified atom stereocenters. The first-order chi connectivity index (χ1) is 31.0. The molecule has 62 heavy (non-hydrogen) atoms. The molecule has 3 aromatic heterocycles. The van der Waals surface area contributed by atoms with Gasteiger partial charge in [0.2, 0.25) is 6.33 Å². The summed E-state index contributed by atoms with van der Waals surface area (Å²) in [6.45, 7) is 4.01. The van der Waals surface area contributed by atoms with Gasteiger partial charge in [-0.3, -0.25) is 0 Å². The molecular formula is C53H41BN6OPt-2. The number of nitrogens with zero attached hydrogens (tertiary/aromatic N) is 6. The summed E-state index contributed by atoms with van der Waals surface area (Å²) >= 11 is 0. The monoisotopic (exact) mass is 986 g/mol. The number of imidazole rings is 1. The number of hydrogen-bond acceptors (Lipinski definition) is 4. The van der Waals surface area contributed by atoms with E-state index in [0.717, 1.165) is 61.4 Å². The number of aromatic nitrogens is 4. The smallest absolute Gasteiger partial charge is 0.420 e. The number of para-hydroxylation sites is 6. The number of benzene rings is 7. The molecule has 0 spiro atoms. The van der Waals surface area contributed by atoms with Crippen LogP contribution in [0.3, 0.4) is 0 Å². The van der Waals surface area contributed by atoms with Crippen molar-refractivity contribution in [3.63, 3.8) is 0 Å². The molecule has 0 N–H and O–H groups in total. The zero-order chi connectivity index (χ0) is 43.7. The van der Waals surface area contributed by atoms with Gasteiger partial charge in [0.05, 0.1) is 33.5 Å². The van der Waals surface area contributed by atoms with Crippen molar-refractivity contribution >= 4 is 68.0 Å². The molecule has 0 atom stereocenters.